The predicted octanol–water partition coefficient (Wildman–Crippen LogP) is 3.50. The van der Waals surface area contributed by atoms with Gasteiger partial charge in [-0.25, -0.2) is 9.18 Å². The van der Waals surface area contributed by atoms with E-state index in [0.29, 0.717) is 29.8 Å². The Labute approximate surface area is 231 Å². The van der Waals surface area contributed by atoms with E-state index in [0.717, 1.165) is 17.8 Å². The average molecular weight is 546 g/mol. The van der Waals surface area contributed by atoms with Crippen LogP contribution in [0.3, 0.4) is 0 Å². The van der Waals surface area contributed by atoms with E-state index >= 15 is 4.39 Å². The van der Waals surface area contributed by atoms with Gasteiger partial charge in [-0.15, -0.1) is 0 Å². The lowest BCUT2D eigenvalue weighted by molar-refractivity contribution is -0.120. The number of para-hydroxylation sites is 1. The fourth-order valence-corrected chi connectivity index (χ4v) is 5.20. The number of halogens is 1. The van der Waals surface area contributed by atoms with E-state index in [1.807, 2.05) is 42.5 Å². The Balaban J connectivity index is 1.20. The predicted molar refractivity (Wildman–Crippen MR) is 150 cm³/mol. The number of cyclic esters (lactones) is 1. The van der Waals surface area contributed by atoms with Gasteiger partial charge in [0.05, 0.1) is 24.8 Å². The SMILES string of the molecule is CC(=O)NC[C@H]1CN(c2ccc(-c3ccc(CN[C@@H](CC4CNc5ccccc54)C(N)=O)cc3)c(F)c2)C(=O)O1. The number of carbonyl (C=O) groups is 3. The highest BCUT2D eigenvalue weighted by molar-refractivity contribution is 5.90. The number of ether oxygens (including phenoxy) is 1. The van der Waals surface area contributed by atoms with Crippen LogP contribution in [0.25, 0.3) is 11.1 Å². The zero-order valence-corrected chi connectivity index (χ0v) is 22.2. The molecule has 0 radical (unpaired) electrons. The maximum absolute atomic E-state index is 15.1. The molecule has 1 unspecified atom stereocenters. The van der Waals surface area contributed by atoms with Gasteiger partial charge in [0.2, 0.25) is 11.8 Å². The Hall–Kier alpha value is -4.44. The first-order chi connectivity index (χ1) is 19.3. The van der Waals surface area contributed by atoms with Gasteiger partial charge in [0, 0.05) is 37.2 Å². The molecule has 0 spiro atoms. The molecule has 3 atom stereocenters. The maximum Gasteiger partial charge on any atom is 0.414 e. The number of hydrogen-bond acceptors (Lipinski definition) is 6. The number of primary amides is 1. The largest absolute Gasteiger partial charge is 0.442 e. The average Bonchev–Trinajstić information content (AvgIpc) is 3.53. The highest BCUT2D eigenvalue weighted by Crippen LogP contribution is 2.34. The lowest BCUT2D eigenvalue weighted by Gasteiger charge is -2.19. The highest BCUT2D eigenvalue weighted by atomic mass is 19.1. The van der Waals surface area contributed by atoms with Crippen LogP contribution in [0.2, 0.25) is 0 Å². The van der Waals surface area contributed by atoms with Crippen molar-refractivity contribution in [2.75, 3.05) is 29.9 Å². The second-order valence-electron chi connectivity index (χ2n) is 10.2. The van der Waals surface area contributed by atoms with Crippen LogP contribution in [0.1, 0.15) is 30.4 Å². The number of nitrogens with two attached hydrogens (primary N) is 1. The van der Waals surface area contributed by atoms with Crippen molar-refractivity contribution >= 4 is 29.3 Å². The number of amides is 3. The first-order valence-electron chi connectivity index (χ1n) is 13.3. The fraction of sp³-hybridized carbons (Fsp3) is 0.300. The van der Waals surface area contributed by atoms with Crippen LogP contribution in [0.4, 0.5) is 20.6 Å². The number of carbonyl (C=O) groups excluding carboxylic acids is 3. The van der Waals surface area contributed by atoms with E-state index in [2.05, 4.69) is 22.0 Å². The van der Waals surface area contributed by atoms with Crippen LogP contribution in [0, 0.1) is 5.82 Å². The van der Waals surface area contributed by atoms with E-state index in [1.165, 1.54) is 23.5 Å². The minimum absolute atomic E-state index is 0.194. The summed E-state index contributed by atoms with van der Waals surface area (Å²) < 4.78 is 20.4. The van der Waals surface area contributed by atoms with Gasteiger partial charge in [0.25, 0.3) is 0 Å². The van der Waals surface area contributed by atoms with Gasteiger partial charge in [-0.3, -0.25) is 14.5 Å². The standard InChI is InChI=1S/C30H32FN5O4/c1-18(37)33-16-23-17-36(30(39)40-23)22-10-11-24(26(31)13-22)20-8-6-19(7-9-20)14-34-28(29(32)38)12-21-15-35-27-5-3-2-4-25(21)27/h2-11,13,21,23,28,34-35H,12,14-17H2,1H3,(H2,32,38)(H,33,37)/t21?,23-,28-/m0/s1. The Kier molecular flexibility index (Phi) is 7.97. The molecule has 9 nitrogen and oxygen atoms in total. The third-order valence-corrected chi connectivity index (χ3v) is 7.34. The summed E-state index contributed by atoms with van der Waals surface area (Å²) >= 11 is 0. The van der Waals surface area contributed by atoms with Crippen molar-refractivity contribution in [2.24, 2.45) is 5.73 Å². The second-order valence-corrected chi connectivity index (χ2v) is 10.2. The van der Waals surface area contributed by atoms with Crippen molar-refractivity contribution in [1.82, 2.24) is 10.6 Å². The molecule has 0 aliphatic carbocycles. The summed E-state index contributed by atoms with van der Waals surface area (Å²) in [4.78, 5) is 36.9. The number of benzene rings is 3. The molecule has 40 heavy (non-hydrogen) atoms. The fourth-order valence-electron chi connectivity index (χ4n) is 5.20. The molecule has 2 aliphatic rings. The van der Waals surface area contributed by atoms with E-state index < -0.39 is 30.0 Å². The molecule has 1 fully saturated rings. The number of nitrogens with zero attached hydrogens (tertiary/aromatic N) is 1. The number of anilines is 2. The van der Waals surface area contributed by atoms with Crippen molar-refractivity contribution in [2.45, 2.75) is 38.0 Å². The smallest absolute Gasteiger partial charge is 0.414 e. The normalized spacial score (nSPS) is 18.6. The Morgan fingerprint density at radius 2 is 1.93 bits per heavy atom. The zero-order valence-electron chi connectivity index (χ0n) is 22.2. The topological polar surface area (TPSA) is 126 Å². The number of hydrogen-bond donors (Lipinski definition) is 4. The van der Waals surface area contributed by atoms with Crippen molar-refractivity contribution in [1.29, 1.82) is 0 Å². The summed E-state index contributed by atoms with van der Waals surface area (Å²) in [5, 5.41) is 9.27. The summed E-state index contributed by atoms with van der Waals surface area (Å²) in [5.41, 5.74) is 10.4. The summed E-state index contributed by atoms with van der Waals surface area (Å²) in [6.45, 7) is 3.01. The van der Waals surface area contributed by atoms with Gasteiger partial charge in [0.1, 0.15) is 11.9 Å². The minimum Gasteiger partial charge on any atom is -0.442 e. The first kappa shape index (κ1) is 27.1. The molecule has 0 saturated carbocycles. The van der Waals surface area contributed by atoms with Gasteiger partial charge in [-0.05, 0) is 47.4 Å². The van der Waals surface area contributed by atoms with E-state index in [4.69, 9.17) is 10.5 Å². The maximum atomic E-state index is 15.1. The van der Waals surface area contributed by atoms with Crippen molar-refractivity contribution in [3.8, 4) is 11.1 Å². The van der Waals surface area contributed by atoms with Crippen molar-refractivity contribution < 1.29 is 23.5 Å². The summed E-state index contributed by atoms with van der Waals surface area (Å²) in [6, 6.07) is 19.6. The van der Waals surface area contributed by atoms with E-state index in [1.54, 1.807) is 12.1 Å². The molecule has 2 aliphatic heterocycles. The second kappa shape index (κ2) is 11.7. The van der Waals surface area contributed by atoms with Gasteiger partial charge in [0.15, 0.2) is 0 Å². The molecule has 3 aromatic carbocycles. The molecular weight excluding hydrogens is 513 g/mol. The van der Waals surface area contributed by atoms with Crippen molar-refractivity contribution in [3.63, 3.8) is 0 Å². The Morgan fingerprint density at radius 1 is 1.15 bits per heavy atom. The molecular formula is C30H32FN5O4. The molecule has 5 rings (SSSR count). The van der Waals surface area contributed by atoms with E-state index in [9.17, 15) is 14.4 Å². The molecule has 0 aromatic heterocycles. The minimum atomic E-state index is -0.581. The Bertz CT molecular complexity index is 1410. The molecule has 10 heteroatoms. The van der Waals surface area contributed by atoms with Crippen molar-refractivity contribution in [3.05, 3.63) is 83.7 Å². The Morgan fingerprint density at radius 3 is 2.65 bits per heavy atom. The van der Waals surface area contributed by atoms with E-state index in [-0.39, 0.29) is 24.9 Å². The van der Waals surface area contributed by atoms with Crippen LogP contribution >= 0.6 is 0 Å². The number of rotatable bonds is 10. The van der Waals surface area contributed by atoms with Crippen LogP contribution in [0.15, 0.2) is 66.7 Å². The van der Waals surface area contributed by atoms with Crippen LogP contribution < -0.4 is 26.6 Å². The molecule has 2 heterocycles. The number of nitrogens with one attached hydrogen (secondary N) is 3. The summed E-state index contributed by atoms with van der Waals surface area (Å²) in [7, 11) is 0. The number of fused-ring (bicyclic) bond motifs is 1. The molecule has 5 N–H and O–H groups in total. The molecule has 3 aromatic rings. The van der Waals surface area contributed by atoms with Gasteiger partial charge in [-0.1, -0.05) is 42.5 Å². The molecule has 1 saturated heterocycles. The lowest BCUT2D eigenvalue weighted by atomic mass is 9.93. The highest BCUT2D eigenvalue weighted by Gasteiger charge is 2.33. The lowest BCUT2D eigenvalue weighted by Crippen LogP contribution is -2.42. The quantitative estimate of drug-likeness (QED) is 0.309. The summed E-state index contributed by atoms with van der Waals surface area (Å²) in [5.74, 6) is -0.889. The summed E-state index contributed by atoms with van der Waals surface area (Å²) in [6.07, 6.45) is -0.491. The molecule has 3 amide bonds. The van der Waals surface area contributed by atoms with Crippen LogP contribution in [0.5, 0.6) is 0 Å². The molecule has 0 bridgehead atoms. The first-order valence-corrected chi connectivity index (χ1v) is 13.3. The van der Waals surface area contributed by atoms with Gasteiger partial charge >= 0.3 is 6.09 Å². The third-order valence-electron chi connectivity index (χ3n) is 7.34. The monoisotopic (exact) mass is 545 g/mol. The van der Waals surface area contributed by atoms with Crippen LogP contribution in [-0.2, 0) is 20.9 Å². The third kappa shape index (κ3) is 6.07. The zero-order chi connectivity index (χ0) is 28.2. The van der Waals surface area contributed by atoms with Gasteiger partial charge in [-0.2, -0.15) is 0 Å². The molecule has 208 valence electrons. The van der Waals surface area contributed by atoms with Gasteiger partial charge < -0.3 is 26.4 Å². The van der Waals surface area contributed by atoms with Crippen LogP contribution in [-0.4, -0.2) is 49.7 Å².